The van der Waals surface area contributed by atoms with Crippen LogP contribution in [0.1, 0.15) is 45.2 Å². The number of halogens is 1. The standard InChI is InChI=1S/C17H28BrNO2/c1-13(2)5-4-10-21-12-17(20)11-19-14(3)15-6-8-16(18)9-7-15/h6-9,13-14,17,19-20H,4-5,10-12H2,1-3H3. The highest BCUT2D eigenvalue weighted by Crippen LogP contribution is 2.16. The lowest BCUT2D eigenvalue weighted by Crippen LogP contribution is -2.32. The molecule has 0 aliphatic heterocycles. The van der Waals surface area contributed by atoms with Crippen LogP contribution >= 0.6 is 15.9 Å². The Bertz CT molecular complexity index is 381. The van der Waals surface area contributed by atoms with Crippen LogP contribution in [0.25, 0.3) is 0 Å². The van der Waals surface area contributed by atoms with E-state index >= 15 is 0 Å². The molecule has 0 spiro atoms. The van der Waals surface area contributed by atoms with Crippen LogP contribution in [-0.2, 0) is 4.74 Å². The quantitative estimate of drug-likeness (QED) is 0.623. The first-order valence-corrected chi connectivity index (χ1v) is 8.53. The van der Waals surface area contributed by atoms with Crippen LogP contribution < -0.4 is 5.32 Å². The Kier molecular flexibility index (Phi) is 9.16. The molecule has 0 aliphatic rings. The summed E-state index contributed by atoms with van der Waals surface area (Å²) in [6, 6.07) is 8.44. The fourth-order valence-electron chi connectivity index (χ4n) is 2.05. The number of aliphatic hydroxyl groups is 1. The topological polar surface area (TPSA) is 41.5 Å². The number of benzene rings is 1. The number of ether oxygens (including phenoxy) is 1. The lowest BCUT2D eigenvalue weighted by Gasteiger charge is -2.18. The fraction of sp³-hybridized carbons (Fsp3) is 0.647. The van der Waals surface area contributed by atoms with E-state index in [2.05, 4.69) is 54.2 Å². The molecule has 0 saturated heterocycles. The zero-order chi connectivity index (χ0) is 15.7. The third kappa shape index (κ3) is 8.57. The molecule has 3 nitrogen and oxygen atoms in total. The maximum Gasteiger partial charge on any atom is 0.0897 e. The van der Waals surface area contributed by atoms with E-state index in [1.807, 2.05) is 12.1 Å². The molecule has 0 bridgehead atoms. The average Bonchev–Trinajstić information content (AvgIpc) is 2.44. The van der Waals surface area contributed by atoms with E-state index in [0.29, 0.717) is 19.1 Å². The monoisotopic (exact) mass is 357 g/mol. The molecular formula is C17H28BrNO2. The van der Waals surface area contributed by atoms with Gasteiger partial charge in [0.1, 0.15) is 0 Å². The fourth-order valence-corrected chi connectivity index (χ4v) is 2.32. The van der Waals surface area contributed by atoms with Gasteiger partial charge in [0.05, 0.1) is 12.7 Å². The summed E-state index contributed by atoms with van der Waals surface area (Å²) < 4.78 is 6.58. The Balaban J connectivity index is 2.14. The molecule has 2 N–H and O–H groups in total. The summed E-state index contributed by atoms with van der Waals surface area (Å²) in [5, 5.41) is 13.2. The minimum absolute atomic E-state index is 0.216. The van der Waals surface area contributed by atoms with Gasteiger partial charge in [0.2, 0.25) is 0 Å². The largest absolute Gasteiger partial charge is 0.389 e. The van der Waals surface area contributed by atoms with Crippen molar-refractivity contribution in [3.05, 3.63) is 34.3 Å². The van der Waals surface area contributed by atoms with Crippen molar-refractivity contribution < 1.29 is 9.84 Å². The molecule has 0 saturated carbocycles. The molecule has 0 fully saturated rings. The van der Waals surface area contributed by atoms with E-state index in [4.69, 9.17) is 4.74 Å². The van der Waals surface area contributed by atoms with Gasteiger partial charge < -0.3 is 15.2 Å². The van der Waals surface area contributed by atoms with Crippen LogP contribution in [0, 0.1) is 5.92 Å². The molecule has 1 aromatic rings. The molecule has 4 heteroatoms. The maximum absolute atomic E-state index is 9.90. The Labute approximate surface area is 137 Å². The summed E-state index contributed by atoms with van der Waals surface area (Å²) in [4.78, 5) is 0. The van der Waals surface area contributed by atoms with Gasteiger partial charge in [-0.1, -0.05) is 41.9 Å². The van der Waals surface area contributed by atoms with Gasteiger partial charge in [0, 0.05) is 23.7 Å². The summed E-state index contributed by atoms with van der Waals surface area (Å²) in [6.07, 6.45) is 1.78. The molecular weight excluding hydrogens is 330 g/mol. The summed E-state index contributed by atoms with van der Waals surface area (Å²) in [5.74, 6) is 0.715. The van der Waals surface area contributed by atoms with Crippen LogP contribution in [0.2, 0.25) is 0 Å². The second kappa shape index (κ2) is 10.3. The molecule has 1 aromatic carbocycles. The van der Waals surface area contributed by atoms with Gasteiger partial charge in [-0.25, -0.2) is 0 Å². The first-order valence-electron chi connectivity index (χ1n) is 7.73. The van der Waals surface area contributed by atoms with E-state index in [1.54, 1.807) is 0 Å². The predicted octanol–water partition coefficient (Wildman–Crippen LogP) is 3.91. The van der Waals surface area contributed by atoms with E-state index in [9.17, 15) is 5.11 Å². The van der Waals surface area contributed by atoms with Gasteiger partial charge in [0.25, 0.3) is 0 Å². The lowest BCUT2D eigenvalue weighted by molar-refractivity contribution is 0.0337. The number of hydrogen-bond acceptors (Lipinski definition) is 3. The lowest BCUT2D eigenvalue weighted by atomic mass is 10.1. The molecule has 2 atom stereocenters. The van der Waals surface area contributed by atoms with Crippen molar-refractivity contribution in [2.45, 2.75) is 45.8 Å². The third-order valence-corrected chi connectivity index (χ3v) is 3.94. The highest BCUT2D eigenvalue weighted by Gasteiger charge is 2.09. The summed E-state index contributed by atoms with van der Waals surface area (Å²) in [7, 11) is 0. The van der Waals surface area contributed by atoms with E-state index in [-0.39, 0.29) is 6.04 Å². The van der Waals surface area contributed by atoms with Crippen LogP contribution in [0.5, 0.6) is 0 Å². The third-order valence-electron chi connectivity index (χ3n) is 3.41. The summed E-state index contributed by atoms with van der Waals surface area (Å²) >= 11 is 3.43. The van der Waals surface area contributed by atoms with Crippen molar-refractivity contribution in [3.63, 3.8) is 0 Å². The highest BCUT2D eigenvalue weighted by atomic mass is 79.9. The minimum Gasteiger partial charge on any atom is -0.389 e. The van der Waals surface area contributed by atoms with Crippen LogP contribution in [0.3, 0.4) is 0 Å². The highest BCUT2D eigenvalue weighted by molar-refractivity contribution is 9.10. The van der Waals surface area contributed by atoms with Crippen molar-refractivity contribution in [2.75, 3.05) is 19.8 Å². The smallest absolute Gasteiger partial charge is 0.0897 e. The number of aliphatic hydroxyl groups excluding tert-OH is 1. The Morgan fingerprint density at radius 2 is 1.86 bits per heavy atom. The van der Waals surface area contributed by atoms with Crippen LogP contribution in [0.15, 0.2) is 28.7 Å². The second-order valence-corrected chi connectivity index (χ2v) is 6.86. The van der Waals surface area contributed by atoms with E-state index in [1.165, 1.54) is 12.0 Å². The summed E-state index contributed by atoms with van der Waals surface area (Å²) in [6.45, 7) is 8.20. The zero-order valence-corrected chi connectivity index (χ0v) is 14.9. The van der Waals surface area contributed by atoms with Crippen molar-refractivity contribution in [2.24, 2.45) is 5.92 Å². The molecule has 1 rings (SSSR count). The maximum atomic E-state index is 9.90. The molecule has 0 heterocycles. The minimum atomic E-state index is -0.457. The molecule has 120 valence electrons. The van der Waals surface area contributed by atoms with Crippen LogP contribution in [0.4, 0.5) is 0 Å². The van der Waals surface area contributed by atoms with Gasteiger partial charge in [-0.3, -0.25) is 0 Å². The Hall–Kier alpha value is -0.420. The number of hydrogen-bond donors (Lipinski definition) is 2. The van der Waals surface area contributed by atoms with Crippen molar-refractivity contribution in [3.8, 4) is 0 Å². The van der Waals surface area contributed by atoms with Gasteiger partial charge in [-0.2, -0.15) is 0 Å². The Morgan fingerprint density at radius 3 is 2.48 bits per heavy atom. The Morgan fingerprint density at radius 1 is 1.19 bits per heavy atom. The molecule has 0 radical (unpaired) electrons. The van der Waals surface area contributed by atoms with Gasteiger partial charge in [0.15, 0.2) is 0 Å². The van der Waals surface area contributed by atoms with Crippen molar-refractivity contribution in [1.82, 2.24) is 5.32 Å². The first-order chi connectivity index (χ1) is 9.99. The molecule has 0 aromatic heterocycles. The van der Waals surface area contributed by atoms with Crippen LogP contribution in [-0.4, -0.2) is 31.0 Å². The predicted molar refractivity (Wildman–Crippen MR) is 91.5 cm³/mol. The molecule has 0 aliphatic carbocycles. The van der Waals surface area contributed by atoms with E-state index in [0.717, 1.165) is 17.5 Å². The van der Waals surface area contributed by atoms with E-state index < -0.39 is 6.10 Å². The van der Waals surface area contributed by atoms with Crippen molar-refractivity contribution in [1.29, 1.82) is 0 Å². The second-order valence-electron chi connectivity index (χ2n) is 5.95. The number of nitrogens with one attached hydrogen (secondary N) is 1. The van der Waals surface area contributed by atoms with Gasteiger partial charge >= 0.3 is 0 Å². The molecule has 0 amide bonds. The van der Waals surface area contributed by atoms with Crippen molar-refractivity contribution >= 4 is 15.9 Å². The summed E-state index contributed by atoms with van der Waals surface area (Å²) in [5.41, 5.74) is 1.21. The first kappa shape index (κ1) is 18.6. The number of rotatable bonds is 10. The SMILES string of the molecule is CC(C)CCCOCC(O)CNC(C)c1ccc(Br)cc1. The van der Waals surface area contributed by atoms with Gasteiger partial charge in [-0.05, 0) is 43.4 Å². The van der Waals surface area contributed by atoms with Gasteiger partial charge in [-0.15, -0.1) is 0 Å². The zero-order valence-electron chi connectivity index (χ0n) is 13.3. The molecule has 2 unspecified atom stereocenters. The molecule has 21 heavy (non-hydrogen) atoms. The normalized spacial score (nSPS) is 14.4. The average molecular weight is 358 g/mol.